The number of para-hydroxylation sites is 1. The standard InChI is InChI=1S/C31H33N3OS/c35-31(33-30-32-28-13-7-8-14-29(28)36-30)34(26-18-17-25(21-26)22-15-16-22)20-19-27(23-9-3-1-4-10-23)24-11-5-2-6-12-24/h1-14,22,25-27H,15-21H2,(H,32,33,35)/t25?,26-/m0/s1. The van der Waals surface area contributed by atoms with E-state index in [0.717, 1.165) is 47.9 Å². The Balaban J connectivity index is 1.23. The highest BCUT2D eigenvalue weighted by Crippen LogP contribution is 2.46. The molecule has 36 heavy (non-hydrogen) atoms. The van der Waals surface area contributed by atoms with E-state index in [0.29, 0.717) is 11.2 Å². The van der Waals surface area contributed by atoms with Crippen LogP contribution in [0.4, 0.5) is 9.93 Å². The molecule has 2 saturated carbocycles. The molecule has 2 aliphatic rings. The summed E-state index contributed by atoms with van der Waals surface area (Å²) in [5.41, 5.74) is 3.54. The third-order valence-corrected chi connectivity index (χ3v) is 8.96. The number of urea groups is 1. The van der Waals surface area contributed by atoms with E-state index in [2.05, 4.69) is 81.9 Å². The maximum absolute atomic E-state index is 13.7. The molecule has 2 amide bonds. The summed E-state index contributed by atoms with van der Waals surface area (Å²) in [6, 6.07) is 29.8. The number of anilines is 1. The molecule has 1 unspecified atom stereocenters. The summed E-state index contributed by atoms with van der Waals surface area (Å²) >= 11 is 1.55. The van der Waals surface area contributed by atoms with Gasteiger partial charge in [-0.05, 0) is 73.6 Å². The van der Waals surface area contributed by atoms with Crippen LogP contribution >= 0.6 is 11.3 Å². The van der Waals surface area contributed by atoms with Crippen LogP contribution < -0.4 is 5.32 Å². The monoisotopic (exact) mass is 495 g/mol. The van der Waals surface area contributed by atoms with E-state index < -0.39 is 0 Å². The number of rotatable bonds is 8. The SMILES string of the molecule is O=C(Nc1nc2ccccc2s1)N(CCC(c1ccccc1)c1ccccc1)[C@H]1CCC(C2CC2)C1. The molecule has 1 aromatic heterocycles. The number of hydrogen-bond donors (Lipinski definition) is 1. The molecule has 2 atom stereocenters. The first kappa shape index (κ1) is 23.2. The van der Waals surface area contributed by atoms with E-state index in [1.165, 1.54) is 30.4 Å². The van der Waals surface area contributed by atoms with Crippen LogP contribution in [0.1, 0.15) is 55.6 Å². The smallest absolute Gasteiger partial charge is 0.321 e. The molecule has 4 aromatic rings. The van der Waals surface area contributed by atoms with Crippen molar-refractivity contribution in [2.24, 2.45) is 11.8 Å². The fraction of sp³-hybridized carbons (Fsp3) is 0.355. The summed E-state index contributed by atoms with van der Waals surface area (Å²) in [5.74, 6) is 1.93. The zero-order chi connectivity index (χ0) is 24.3. The Bertz CT molecular complexity index is 1230. The Labute approximate surface area is 217 Å². The number of carbonyl (C=O) groups excluding carboxylic acids is 1. The van der Waals surface area contributed by atoms with E-state index in [9.17, 15) is 4.79 Å². The third-order valence-electron chi connectivity index (χ3n) is 8.01. The number of benzene rings is 3. The number of aromatic nitrogens is 1. The minimum absolute atomic E-state index is 0.00428. The Morgan fingerprint density at radius 3 is 2.17 bits per heavy atom. The van der Waals surface area contributed by atoms with Gasteiger partial charge in [-0.15, -0.1) is 0 Å². The van der Waals surface area contributed by atoms with Gasteiger partial charge in [0.05, 0.1) is 10.2 Å². The van der Waals surface area contributed by atoms with Crippen molar-refractivity contribution >= 4 is 32.7 Å². The molecule has 6 rings (SSSR count). The van der Waals surface area contributed by atoms with Crippen LogP contribution in [-0.2, 0) is 0 Å². The molecule has 0 spiro atoms. The number of hydrogen-bond acceptors (Lipinski definition) is 3. The normalized spacial score (nSPS) is 19.6. The second-order valence-corrected chi connectivity index (χ2v) is 11.4. The first-order chi connectivity index (χ1) is 17.7. The van der Waals surface area contributed by atoms with E-state index >= 15 is 0 Å². The maximum atomic E-state index is 13.7. The predicted molar refractivity (Wildman–Crippen MR) is 149 cm³/mol. The molecule has 2 aliphatic carbocycles. The molecule has 0 bridgehead atoms. The van der Waals surface area contributed by atoms with Crippen molar-refractivity contribution in [2.45, 2.75) is 50.5 Å². The van der Waals surface area contributed by atoms with Crippen molar-refractivity contribution in [3.63, 3.8) is 0 Å². The molecule has 1 N–H and O–H groups in total. The van der Waals surface area contributed by atoms with Gasteiger partial charge in [0, 0.05) is 18.5 Å². The van der Waals surface area contributed by atoms with Gasteiger partial charge in [-0.1, -0.05) is 84.1 Å². The molecule has 2 fully saturated rings. The van der Waals surface area contributed by atoms with Crippen LogP contribution in [0.15, 0.2) is 84.9 Å². The molecular weight excluding hydrogens is 462 g/mol. The second kappa shape index (κ2) is 10.4. The van der Waals surface area contributed by atoms with Gasteiger partial charge < -0.3 is 4.90 Å². The van der Waals surface area contributed by atoms with E-state index in [-0.39, 0.29) is 11.9 Å². The summed E-state index contributed by atoms with van der Waals surface area (Å²) in [6.07, 6.45) is 7.14. The van der Waals surface area contributed by atoms with Gasteiger partial charge in [0.15, 0.2) is 5.13 Å². The van der Waals surface area contributed by atoms with Crippen molar-refractivity contribution in [1.29, 1.82) is 0 Å². The predicted octanol–water partition coefficient (Wildman–Crippen LogP) is 7.93. The summed E-state index contributed by atoms with van der Waals surface area (Å²) in [6.45, 7) is 0.729. The van der Waals surface area contributed by atoms with Crippen molar-refractivity contribution in [2.75, 3.05) is 11.9 Å². The van der Waals surface area contributed by atoms with Crippen LogP contribution in [0.2, 0.25) is 0 Å². The average molecular weight is 496 g/mol. The zero-order valence-corrected chi connectivity index (χ0v) is 21.4. The Kier molecular flexibility index (Phi) is 6.73. The average Bonchev–Trinajstić information content (AvgIpc) is 3.51. The lowest BCUT2D eigenvalue weighted by atomic mass is 9.88. The minimum atomic E-state index is -0.00428. The molecule has 4 nitrogen and oxygen atoms in total. The molecule has 5 heteroatoms. The second-order valence-electron chi connectivity index (χ2n) is 10.3. The zero-order valence-electron chi connectivity index (χ0n) is 20.6. The highest BCUT2D eigenvalue weighted by atomic mass is 32.1. The van der Waals surface area contributed by atoms with Gasteiger partial charge in [0.25, 0.3) is 0 Å². The molecule has 3 aromatic carbocycles. The third kappa shape index (κ3) is 5.17. The van der Waals surface area contributed by atoms with Crippen LogP contribution in [0.3, 0.4) is 0 Å². The maximum Gasteiger partial charge on any atom is 0.323 e. The van der Waals surface area contributed by atoms with Gasteiger partial charge in [-0.2, -0.15) is 0 Å². The molecule has 0 aliphatic heterocycles. The first-order valence-electron chi connectivity index (χ1n) is 13.3. The first-order valence-corrected chi connectivity index (χ1v) is 14.1. The van der Waals surface area contributed by atoms with Crippen molar-refractivity contribution in [1.82, 2.24) is 9.88 Å². The highest BCUT2D eigenvalue weighted by molar-refractivity contribution is 7.22. The summed E-state index contributed by atoms with van der Waals surface area (Å²) in [7, 11) is 0. The fourth-order valence-corrected chi connectivity index (χ4v) is 6.83. The molecule has 0 saturated heterocycles. The number of amides is 2. The molecule has 0 radical (unpaired) electrons. The fourth-order valence-electron chi connectivity index (χ4n) is 5.97. The van der Waals surface area contributed by atoms with E-state index in [1.807, 2.05) is 18.2 Å². The summed E-state index contributed by atoms with van der Waals surface area (Å²) in [5, 5.41) is 3.85. The van der Waals surface area contributed by atoms with E-state index in [4.69, 9.17) is 0 Å². The summed E-state index contributed by atoms with van der Waals surface area (Å²) in [4.78, 5) is 20.5. The minimum Gasteiger partial charge on any atom is -0.321 e. The lowest BCUT2D eigenvalue weighted by molar-refractivity contribution is 0.184. The molecule has 184 valence electrons. The largest absolute Gasteiger partial charge is 0.323 e. The van der Waals surface area contributed by atoms with Gasteiger partial charge in [-0.3, -0.25) is 5.32 Å². The molecule has 1 heterocycles. The topological polar surface area (TPSA) is 45.2 Å². The van der Waals surface area contributed by atoms with E-state index in [1.54, 1.807) is 11.3 Å². The van der Waals surface area contributed by atoms with Crippen molar-refractivity contribution in [3.8, 4) is 0 Å². The highest BCUT2D eigenvalue weighted by Gasteiger charge is 2.39. The quantitative estimate of drug-likeness (QED) is 0.270. The van der Waals surface area contributed by atoms with Gasteiger partial charge in [0.2, 0.25) is 0 Å². The van der Waals surface area contributed by atoms with Crippen molar-refractivity contribution in [3.05, 3.63) is 96.1 Å². The molecular formula is C31H33N3OS. The van der Waals surface area contributed by atoms with Crippen LogP contribution in [0.5, 0.6) is 0 Å². The Hall–Kier alpha value is -3.18. The van der Waals surface area contributed by atoms with Gasteiger partial charge in [-0.25, -0.2) is 9.78 Å². The van der Waals surface area contributed by atoms with Gasteiger partial charge >= 0.3 is 6.03 Å². The van der Waals surface area contributed by atoms with Crippen LogP contribution in [0, 0.1) is 11.8 Å². The van der Waals surface area contributed by atoms with Crippen LogP contribution in [-0.4, -0.2) is 28.5 Å². The Morgan fingerprint density at radius 2 is 1.50 bits per heavy atom. The number of thiazole rings is 1. The lowest BCUT2D eigenvalue weighted by Gasteiger charge is -2.31. The lowest BCUT2D eigenvalue weighted by Crippen LogP contribution is -2.43. The number of fused-ring (bicyclic) bond motifs is 1. The van der Waals surface area contributed by atoms with Crippen molar-refractivity contribution < 1.29 is 4.79 Å². The Morgan fingerprint density at radius 1 is 0.861 bits per heavy atom. The number of nitrogens with zero attached hydrogens (tertiary/aromatic N) is 2. The number of carbonyl (C=O) groups is 1. The summed E-state index contributed by atoms with van der Waals surface area (Å²) < 4.78 is 1.10. The van der Waals surface area contributed by atoms with Gasteiger partial charge in [0.1, 0.15) is 0 Å². The number of nitrogens with one attached hydrogen (secondary N) is 1. The van der Waals surface area contributed by atoms with Crippen LogP contribution in [0.25, 0.3) is 10.2 Å².